The van der Waals surface area contributed by atoms with Crippen molar-refractivity contribution in [2.45, 2.75) is 38.8 Å². The molecule has 1 unspecified atom stereocenters. The Hall–Kier alpha value is -0.870. The molecule has 15 heavy (non-hydrogen) atoms. The number of aryl methyl sites for hydroxylation is 1. The van der Waals surface area contributed by atoms with Gasteiger partial charge in [-0.25, -0.2) is 0 Å². The average molecular weight is 211 g/mol. The Morgan fingerprint density at radius 3 is 3.00 bits per heavy atom. The zero-order valence-corrected chi connectivity index (χ0v) is 9.61. The van der Waals surface area contributed by atoms with E-state index in [0.29, 0.717) is 0 Å². The lowest BCUT2D eigenvalue weighted by molar-refractivity contribution is 0.157. The maximum absolute atomic E-state index is 9.34. The van der Waals surface area contributed by atoms with Gasteiger partial charge in [0, 0.05) is 19.8 Å². The van der Waals surface area contributed by atoms with Crippen molar-refractivity contribution in [2.24, 2.45) is 7.05 Å². The summed E-state index contributed by atoms with van der Waals surface area (Å²) in [5.74, 6) is 0. The number of hydrogen-bond donors (Lipinski definition) is 2. The molecule has 4 heteroatoms. The first-order valence-corrected chi connectivity index (χ1v) is 5.59. The smallest absolute Gasteiger partial charge is 0.0538 e. The molecule has 0 spiro atoms. The van der Waals surface area contributed by atoms with E-state index >= 15 is 0 Å². The number of rotatable bonds is 7. The van der Waals surface area contributed by atoms with E-state index in [0.717, 1.165) is 32.4 Å². The standard InChI is InChI=1S/C11H21N3O/c1-3-11(15)5-4-7-12-9-10-6-8-13-14(10)2/h6,8,11-12,15H,3-5,7,9H2,1-2H3. The molecule has 1 rings (SSSR count). The number of aliphatic hydroxyl groups is 1. The maximum atomic E-state index is 9.34. The van der Waals surface area contributed by atoms with Crippen molar-refractivity contribution in [3.8, 4) is 0 Å². The summed E-state index contributed by atoms with van der Waals surface area (Å²) in [6.45, 7) is 3.80. The number of nitrogens with one attached hydrogen (secondary N) is 1. The van der Waals surface area contributed by atoms with Crippen LogP contribution in [0.15, 0.2) is 12.3 Å². The molecule has 1 aromatic heterocycles. The summed E-state index contributed by atoms with van der Waals surface area (Å²) in [6, 6.07) is 2.01. The van der Waals surface area contributed by atoms with E-state index in [2.05, 4.69) is 10.4 Å². The lowest BCUT2D eigenvalue weighted by Crippen LogP contribution is -2.18. The van der Waals surface area contributed by atoms with Crippen LogP contribution in [0.1, 0.15) is 31.9 Å². The van der Waals surface area contributed by atoms with Crippen LogP contribution in [0.25, 0.3) is 0 Å². The Morgan fingerprint density at radius 1 is 1.60 bits per heavy atom. The van der Waals surface area contributed by atoms with Crippen molar-refractivity contribution in [1.29, 1.82) is 0 Å². The molecule has 0 bridgehead atoms. The Balaban J connectivity index is 2.05. The third kappa shape index (κ3) is 4.44. The van der Waals surface area contributed by atoms with Gasteiger partial charge in [0.15, 0.2) is 0 Å². The molecule has 0 aliphatic rings. The van der Waals surface area contributed by atoms with Gasteiger partial charge >= 0.3 is 0 Å². The molecule has 0 radical (unpaired) electrons. The lowest BCUT2D eigenvalue weighted by Gasteiger charge is -2.08. The van der Waals surface area contributed by atoms with Crippen molar-refractivity contribution in [1.82, 2.24) is 15.1 Å². The highest BCUT2D eigenvalue weighted by atomic mass is 16.3. The molecular weight excluding hydrogens is 190 g/mol. The molecule has 0 aliphatic heterocycles. The molecule has 0 saturated carbocycles. The van der Waals surface area contributed by atoms with Crippen LogP contribution in [0.2, 0.25) is 0 Å². The Labute approximate surface area is 91.3 Å². The zero-order valence-electron chi connectivity index (χ0n) is 9.61. The normalized spacial score (nSPS) is 13.0. The molecule has 1 aromatic rings. The van der Waals surface area contributed by atoms with Crippen LogP contribution in [0.4, 0.5) is 0 Å². The van der Waals surface area contributed by atoms with Gasteiger partial charge in [0.1, 0.15) is 0 Å². The fourth-order valence-corrected chi connectivity index (χ4v) is 1.46. The third-order valence-electron chi connectivity index (χ3n) is 2.59. The molecule has 0 fully saturated rings. The predicted octanol–water partition coefficient (Wildman–Crippen LogP) is 1.06. The van der Waals surface area contributed by atoms with E-state index in [1.54, 1.807) is 6.20 Å². The fraction of sp³-hybridized carbons (Fsp3) is 0.727. The first kappa shape index (κ1) is 12.2. The minimum Gasteiger partial charge on any atom is -0.393 e. The first-order chi connectivity index (χ1) is 7.24. The van der Waals surface area contributed by atoms with Gasteiger partial charge in [-0.1, -0.05) is 6.92 Å². The van der Waals surface area contributed by atoms with Crippen LogP contribution in [-0.4, -0.2) is 27.5 Å². The molecule has 86 valence electrons. The summed E-state index contributed by atoms with van der Waals surface area (Å²) < 4.78 is 1.87. The second-order valence-corrected chi connectivity index (χ2v) is 3.83. The van der Waals surface area contributed by atoms with E-state index in [4.69, 9.17) is 0 Å². The largest absolute Gasteiger partial charge is 0.393 e. The van der Waals surface area contributed by atoms with Gasteiger partial charge in [-0.3, -0.25) is 4.68 Å². The molecular formula is C11H21N3O. The summed E-state index contributed by atoms with van der Waals surface area (Å²) >= 11 is 0. The second-order valence-electron chi connectivity index (χ2n) is 3.83. The van der Waals surface area contributed by atoms with E-state index in [9.17, 15) is 5.11 Å². The van der Waals surface area contributed by atoms with E-state index in [-0.39, 0.29) is 6.10 Å². The molecule has 4 nitrogen and oxygen atoms in total. The quantitative estimate of drug-likeness (QED) is 0.663. The van der Waals surface area contributed by atoms with Crippen LogP contribution in [0, 0.1) is 0 Å². The highest BCUT2D eigenvalue weighted by Crippen LogP contribution is 2.00. The summed E-state index contributed by atoms with van der Waals surface area (Å²) in [6.07, 6.45) is 4.42. The van der Waals surface area contributed by atoms with Gasteiger partial charge in [-0.15, -0.1) is 0 Å². The molecule has 0 saturated heterocycles. The Bertz CT molecular complexity index is 273. The SMILES string of the molecule is CCC(O)CCCNCc1ccnn1C. The van der Waals surface area contributed by atoms with Gasteiger partial charge in [-0.2, -0.15) is 5.10 Å². The Kier molecular flexibility index (Phi) is 5.36. The number of aliphatic hydroxyl groups excluding tert-OH is 1. The molecule has 1 atom stereocenters. The molecule has 0 aromatic carbocycles. The highest BCUT2D eigenvalue weighted by molar-refractivity contribution is 4.98. The van der Waals surface area contributed by atoms with Gasteiger partial charge in [-0.05, 0) is 31.9 Å². The number of aromatic nitrogens is 2. The highest BCUT2D eigenvalue weighted by Gasteiger charge is 2.00. The van der Waals surface area contributed by atoms with Crippen LogP contribution < -0.4 is 5.32 Å². The van der Waals surface area contributed by atoms with Crippen LogP contribution >= 0.6 is 0 Å². The molecule has 0 aliphatic carbocycles. The third-order valence-corrected chi connectivity index (χ3v) is 2.59. The summed E-state index contributed by atoms with van der Waals surface area (Å²) in [7, 11) is 1.94. The van der Waals surface area contributed by atoms with E-state index < -0.39 is 0 Å². The van der Waals surface area contributed by atoms with Crippen molar-refractivity contribution in [2.75, 3.05) is 6.54 Å². The van der Waals surface area contributed by atoms with Crippen molar-refractivity contribution < 1.29 is 5.11 Å². The van der Waals surface area contributed by atoms with Gasteiger partial charge in [0.2, 0.25) is 0 Å². The molecule has 0 amide bonds. The summed E-state index contributed by atoms with van der Waals surface area (Å²) in [5, 5.41) is 16.8. The molecule has 2 N–H and O–H groups in total. The van der Waals surface area contributed by atoms with Crippen LogP contribution in [0.5, 0.6) is 0 Å². The minimum absolute atomic E-state index is 0.136. The van der Waals surface area contributed by atoms with Crippen molar-refractivity contribution in [3.05, 3.63) is 18.0 Å². The van der Waals surface area contributed by atoms with Gasteiger partial charge in [0.05, 0.1) is 11.8 Å². The lowest BCUT2D eigenvalue weighted by atomic mass is 10.1. The second kappa shape index (κ2) is 6.58. The van der Waals surface area contributed by atoms with Crippen LogP contribution in [-0.2, 0) is 13.6 Å². The Morgan fingerprint density at radius 2 is 2.40 bits per heavy atom. The minimum atomic E-state index is -0.136. The zero-order chi connectivity index (χ0) is 11.1. The van der Waals surface area contributed by atoms with Crippen LogP contribution in [0.3, 0.4) is 0 Å². The maximum Gasteiger partial charge on any atom is 0.0538 e. The number of hydrogen-bond acceptors (Lipinski definition) is 3. The fourth-order valence-electron chi connectivity index (χ4n) is 1.46. The van der Waals surface area contributed by atoms with Gasteiger partial charge in [0.25, 0.3) is 0 Å². The first-order valence-electron chi connectivity index (χ1n) is 5.59. The molecule has 1 heterocycles. The van der Waals surface area contributed by atoms with Crippen molar-refractivity contribution in [3.63, 3.8) is 0 Å². The topological polar surface area (TPSA) is 50.1 Å². The summed E-state index contributed by atoms with van der Waals surface area (Å²) in [5.41, 5.74) is 1.19. The van der Waals surface area contributed by atoms with Gasteiger partial charge < -0.3 is 10.4 Å². The summed E-state index contributed by atoms with van der Waals surface area (Å²) in [4.78, 5) is 0. The van der Waals surface area contributed by atoms with E-state index in [1.165, 1.54) is 5.69 Å². The van der Waals surface area contributed by atoms with Crippen molar-refractivity contribution >= 4 is 0 Å². The average Bonchev–Trinajstić information content (AvgIpc) is 2.63. The number of nitrogens with zero attached hydrogens (tertiary/aromatic N) is 2. The predicted molar refractivity (Wildman–Crippen MR) is 60.4 cm³/mol. The monoisotopic (exact) mass is 211 g/mol. The van der Waals surface area contributed by atoms with E-state index in [1.807, 2.05) is 24.7 Å².